The molecule has 0 bridgehead atoms. The van der Waals surface area contributed by atoms with E-state index in [1.165, 1.54) is 19.2 Å². The third-order valence-corrected chi connectivity index (χ3v) is 5.08. The van der Waals surface area contributed by atoms with Crippen LogP contribution in [0.4, 0.5) is 8.78 Å². The molecule has 6 nitrogen and oxygen atoms in total. The van der Waals surface area contributed by atoms with Gasteiger partial charge in [-0.05, 0) is 30.3 Å². The van der Waals surface area contributed by atoms with Gasteiger partial charge in [-0.1, -0.05) is 24.3 Å². The summed E-state index contributed by atoms with van der Waals surface area (Å²) in [7, 11) is 1.25. The fourth-order valence-electron chi connectivity index (χ4n) is 3.69. The van der Waals surface area contributed by atoms with Gasteiger partial charge >= 0.3 is 5.97 Å². The number of primary amides is 1. The molecule has 1 amide bonds. The van der Waals surface area contributed by atoms with Crippen LogP contribution in [0.1, 0.15) is 15.9 Å². The maximum atomic E-state index is 14.4. The van der Waals surface area contributed by atoms with Crippen LogP contribution in [0, 0.1) is 11.6 Å². The lowest BCUT2D eigenvalue weighted by Crippen LogP contribution is -2.13. The molecule has 1 heterocycles. The van der Waals surface area contributed by atoms with E-state index < -0.39 is 23.5 Å². The van der Waals surface area contributed by atoms with E-state index in [2.05, 4.69) is 4.74 Å². The summed E-state index contributed by atoms with van der Waals surface area (Å²) in [5.41, 5.74) is 7.18. The zero-order valence-electron chi connectivity index (χ0n) is 16.5. The number of amides is 1. The second-order valence-electron chi connectivity index (χ2n) is 6.88. The van der Waals surface area contributed by atoms with E-state index in [4.69, 9.17) is 10.5 Å². The number of fused-ring (bicyclic) bond motifs is 3. The van der Waals surface area contributed by atoms with E-state index >= 15 is 0 Å². The first-order valence-electron chi connectivity index (χ1n) is 9.38. The van der Waals surface area contributed by atoms with E-state index in [0.29, 0.717) is 27.6 Å². The summed E-state index contributed by atoms with van der Waals surface area (Å²) in [6, 6.07) is 14.1. The molecule has 0 aliphatic rings. The van der Waals surface area contributed by atoms with Crippen molar-refractivity contribution in [3.05, 3.63) is 77.4 Å². The standard InChI is InChI=1S/C23H18F2N2O4/c1-30-19(28)12-31-18-10-4-9-17-21(18)20-14(23(26)29)6-3-8-16(20)27(17)11-13-5-2-7-15(24)22(13)25/h2-10H,11-12H2,1H3,(H2,26,29). The molecule has 0 radical (unpaired) electrons. The number of rotatable bonds is 6. The van der Waals surface area contributed by atoms with Crippen molar-refractivity contribution in [3.8, 4) is 5.75 Å². The number of aromatic nitrogens is 1. The molecule has 8 heteroatoms. The summed E-state index contributed by atoms with van der Waals surface area (Å²) in [6.07, 6.45) is 0. The Morgan fingerprint density at radius 3 is 2.35 bits per heavy atom. The third-order valence-electron chi connectivity index (χ3n) is 5.08. The summed E-state index contributed by atoms with van der Waals surface area (Å²) >= 11 is 0. The highest BCUT2D eigenvalue weighted by atomic mass is 19.2. The molecule has 0 saturated heterocycles. The maximum absolute atomic E-state index is 14.4. The van der Waals surface area contributed by atoms with Crippen molar-refractivity contribution in [1.29, 1.82) is 0 Å². The van der Waals surface area contributed by atoms with Gasteiger partial charge in [0.1, 0.15) is 5.75 Å². The highest BCUT2D eigenvalue weighted by Crippen LogP contribution is 2.38. The molecule has 4 rings (SSSR count). The molecule has 0 aliphatic carbocycles. The van der Waals surface area contributed by atoms with Crippen LogP contribution in [-0.4, -0.2) is 30.2 Å². The topological polar surface area (TPSA) is 83.6 Å². The van der Waals surface area contributed by atoms with Crippen LogP contribution < -0.4 is 10.5 Å². The molecule has 0 saturated carbocycles. The minimum absolute atomic E-state index is 0.00621. The van der Waals surface area contributed by atoms with Crippen molar-refractivity contribution in [1.82, 2.24) is 4.57 Å². The van der Waals surface area contributed by atoms with Gasteiger partial charge in [0.15, 0.2) is 18.2 Å². The maximum Gasteiger partial charge on any atom is 0.343 e. The van der Waals surface area contributed by atoms with E-state index in [1.807, 2.05) is 0 Å². The molecule has 0 aliphatic heterocycles. The molecule has 0 unspecified atom stereocenters. The monoisotopic (exact) mass is 424 g/mol. The SMILES string of the molecule is COC(=O)COc1cccc2c1c1c(C(N)=O)cccc1n2Cc1cccc(F)c1F. The van der Waals surface area contributed by atoms with Gasteiger partial charge in [-0.25, -0.2) is 13.6 Å². The van der Waals surface area contributed by atoms with Gasteiger partial charge in [0, 0.05) is 16.5 Å². The van der Waals surface area contributed by atoms with Gasteiger partial charge in [0.2, 0.25) is 5.91 Å². The van der Waals surface area contributed by atoms with Crippen LogP contribution >= 0.6 is 0 Å². The minimum Gasteiger partial charge on any atom is -0.481 e. The number of carbonyl (C=O) groups excluding carboxylic acids is 2. The Hall–Kier alpha value is -3.94. The average Bonchev–Trinajstić information content (AvgIpc) is 3.09. The first-order chi connectivity index (χ1) is 14.9. The summed E-state index contributed by atoms with van der Waals surface area (Å²) in [5.74, 6) is -2.78. The molecular weight excluding hydrogens is 406 g/mol. The third kappa shape index (κ3) is 3.56. The highest BCUT2D eigenvalue weighted by Gasteiger charge is 2.21. The van der Waals surface area contributed by atoms with Crippen molar-refractivity contribution in [3.63, 3.8) is 0 Å². The molecule has 1 aromatic heterocycles. The lowest BCUT2D eigenvalue weighted by molar-refractivity contribution is -0.142. The Bertz CT molecular complexity index is 1330. The van der Waals surface area contributed by atoms with E-state index in [-0.39, 0.29) is 24.3 Å². The van der Waals surface area contributed by atoms with Crippen molar-refractivity contribution >= 4 is 33.7 Å². The number of hydrogen-bond donors (Lipinski definition) is 1. The van der Waals surface area contributed by atoms with E-state index in [9.17, 15) is 18.4 Å². The molecule has 0 spiro atoms. The van der Waals surface area contributed by atoms with Gasteiger partial charge < -0.3 is 19.8 Å². The summed E-state index contributed by atoms with van der Waals surface area (Å²) in [5, 5.41) is 1.04. The number of carbonyl (C=O) groups is 2. The van der Waals surface area contributed by atoms with E-state index in [0.717, 1.165) is 6.07 Å². The Morgan fingerprint density at radius 2 is 1.65 bits per heavy atom. The second kappa shape index (κ2) is 8.06. The first-order valence-corrected chi connectivity index (χ1v) is 9.38. The predicted octanol–water partition coefficient (Wildman–Crippen LogP) is 3.77. The summed E-state index contributed by atoms with van der Waals surface area (Å²) in [4.78, 5) is 23.7. The fraction of sp³-hybridized carbons (Fsp3) is 0.130. The van der Waals surface area contributed by atoms with Crippen LogP contribution in [0.5, 0.6) is 5.75 Å². The minimum atomic E-state index is -0.946. The van der Waals surface area contributed by atoms with Crippen LogP contribution in [0.2, 0.25) is 0 Å². The quantitative estimate of drug-likeness (QED) is 0.478. The Balaban J connectivity index is 1.99. The zero-order chi connectivity index (χ0) is 22.1. The lowest BCUT2D eigenvalue weighted by Gasteiger charge is -2.10. The van der Waals surface area contributed by atoms with Crippen molar-refractivity contribution in [2.45, 2.75) is 6.54 Å². The number of esters is 1. The lowest BCUT2D eigenvalue weighted by atomic mass is 10.1. The van der Waals surface area contributed by atoms with Gasteiger partial charge in [0.25, 0.3) is 0 Å². The largest absolute Gasteiger partial charge is 0.481 e. The van der Waals surface area contributed by atoms with Crippen LogP contribution in [0.3, 0.4) is 0 Å². The molecule has 4 aromatic rings. The van der Waals surface area contributed by atoms with Crippen molar-refractivity contribution in [2.75, 3.05) is 13.7 Å². The van der Waals surface area contributed by atoms with Gasteiger partial charge in [-0.3, -0.25) is 4.79 Å². The second-order valence-corrected chi connectivity index (χ2v) is 6.88. The molecule has 0 atom stereocenters. The van der Waals surface area contributed by atoms with Gasteiger partial charge in [-0.15, -0.1) is 0 Å². The number of hydrogen-bond acceptors (Lipinski definition) is 4. The Kier molecular flexibility index (Phi) is 5.29. The predicted molar refractivity (Wildman–Crippen MR) is 111 cm³/mol. The zero-order valence-corrected chi connectivity index (χ0v) is 16.5. The van der Waals surface area contributed by atoms with Crippen LogP contribution in [0.15, 0.2) is 54.6 Å². The van der Waals surface area contributed by atoms with Crippen molar-refractivity contribution in [2.24, 2.45) is 5.73 Å². The van der Waals surface area contributed by atoms with Gasteiger partial charge in [-0.2, -0.15) is 0 Å². The number of nitrogens with zero attached hydrogens (tertiary/aromatic N) is 1. The van der Waals surface area contributed by atoms with Gasteiger partial charge in [0.05, 0.1) is 30.1 Å². The number of methoxy groups -OCH3 is 1. The normalized spacial score (nSPS) is 11.1. The number of halogens is 2. The van der Waals surface area contributed by atoms with Crippen molar-refractivity contribution < 1.29 is 27.8 Å². The molecule has 0 fully saturated rings. The summed E-state index contributed by atoms with van der Waals surface area (Å²) < 4.78 is 40.2. The summed E-state index contributed by atoms with van der Waals surface area (Å²) in [6.45, 7) is -0.328. The number of benzene rings is 3. The van der Waals surface area contributed by atoms with Crippen LogP contribution in [-0.2, 0) is 16.1 Å². The van der Waals surface area contributed by atoms with Crippen LogP contribution in [0.25, 0.3) is 21.8 Å². The average molecular weight is 424 g/mol. The Morgan fingerprint density at radius 1 is 0.968 bits per heavy atom. The molecule has 2 N–H and O–H groups in total. The smallest absolute Gasteiger partial charge is 0.343 e. The molecule has 31 heavy (non-hydrogen) atoms. The molecular formula is C23H18F2N2O4. The number of nitrogens with two attached hydrogens (primary N) is 1. The highest BCUT2D eigenvalue weighted by molar-refractivity contribution is 6.19. The number of ether oxygens (including phenoxy) is 2. The molecule has 3 aromatic carbocycles. The molecule has 158 valence electrons. The Labute approximate surface area is 175 Å². The first kappa shape index (κ1) is 20.3. The fourth-order valence-corrected chi connectivity index (χ4v) is 3.69. The van der Waals surface area contributed by atoms with E-state index in [1.54, 1.807) is 41.0 Å².